The Hall–Kier alpha value is -1.31. The Morgan fingerprint density at radius 1 is 1.36 bits per heavy atom. The highest BCUT2D eigenvalue weighted by Crippen LogP contribution is 2.07. The van der Waals surface area contributed by atoms with Crippen molar-refractivity contribution < 1.29 is 4.84 Å². The van der Waals surface area contributed by atoms with E-state index in [1.54, 1.807) is 0 Å². The third-order valence-electron chi connectivity index (χ3n) is 2.05. The van der Waals surface area contributed by atoms with E-state index in [-0.39, 0.29) is 0 Å². The summed E-state index contributed by atoms with van der Waals surface area (Å²) in [6.07, 6.45) is 3.91. The molecule has 14 heavy (non-hydrogen) atoms. The van der Waals surface area contributed by atoms with Gasteiger partial charge >= 0.3 is 0 Å². The van der Waals surface area contributed by atoms with Gasteiger partial charge < -0.3 is 4.84 Å². The molecule has 0 aliphatic rings. The van der Waals surface area contributed by atoms with E-state index < -0.39 is 0 Å². The Kier molecular flexibility index (Phi) is 4.76. The Morgan fingerprint density at radius 2 is 2.14 bits per heavy atom. The summed E-state index contributed by atoms with van der Waals surface area (Å²) in [4.78, 5) is 5.17. The van der Waals surface area contributed by atoms with Gasteiger partial charge in [-0.05, 0) is 24.5 Å². The van der Waals surface area contributed by atoms with Gasteiger partial charge in [0.15, 0.2) is 0 Å². The standard InChI is InChI=1S/C12H17NO/c1-3-4-9-13-14-10-12-8-6-5-7-11(12)2/h5-9H,3-4,10H2,1-2H3. The van der Waals surface area contributed by atoms with Gasteiger partial charge in [0.2, 0.25) is 0 Å². The zero-order chi connectivity index (χ0) is 10.2. The second kappa shape index (κ2) is 6.19. The first kappa shape index (κ1) is 10.8. The molecule has 0 fully saturated rings. The number of oxime groups is 1. The van der Waals surface area contributed by atoms with Crippen molar-refractivity contribution in [1.29, 1.82) is 0 Å². The maximum atomic E-state index is 5.17. The maximum absolute atomic E-state index is 5.17. The van der Waals surface area contributed by atoms with Gasteiger partial charge in [-0.3, -0.25) is 0 Å². The molecule has 0 spiro atoms. The second-order valence-electron chi connectivity index (χ2n) is 3.28. The summed E-state index contributed by atoms with van der Waals surface area (Å²) in [7, 11) is 0. The molecule has 0 radical (unpaired) electrons. The number of nitrogens with zero attached hydrogens (tertiary/aromatic N) is 1. The number of unbranched alkanes of at least 4 members (excludes halogenated alkanes) is 1. The smallest absolute Gasteiger partial charge is 0.142 e. The average molecular weight is 191 g/mol. The molecule has 0 bridgehead atoms. The molecule has 1 rings (SSSR count). The van der Waals surface area contributed by atoms with Crippen LogP contribution in [0.5, 0.6) is 0 Å². The van der Waals surface area contributed by atoms with E-state index in [1.165, 1.54) is 11.1 Å². The average Bonchev–Trinajstić information content (AvgIpc) is 2.20. The highest BCUT2D eigenvalue weighted by Gasteiger charge is 1.95. The lowest BCUT2D eigenvalue weighted by atomic mass is 10.1. The van der Waals surface area contributed by atoms with Gasteiger partial charge in [0.25, 0.3) is 0 Å². The van der Waals surface area contributed by atoms with Crippen molar-refractivity contribution in [3.05, 3.63) is 35.4 Å². The Balaban J connectivity index is 2.35. The van der Waals surface area contributed by atoms with E-state index in [1.807, 2.05) is 18.3 Å². The Morgan fingerprint density at radius 3 is 2.86 bits per heavy atom. The van der Waals surface area contributed by atoms with Gasteiger partial charge in [-0.2, -0.15) is 0 Å². The number of benzene rings is 1. The second-order valence-corrected chi connectivity index (χ2v) is 3.28. The molecule has 0 unspecified atom stereocenters. The number of aryl methyl sites for hydroxylation is 1. The van der Waals surface area contributed by atoms with Crippen LogP contribution in [0.2, 0.25) is 0 Å². The minimum Gasteiger partial charge on any atom is -0.391 e. The summed E-state index contributed by atoms with van der Waals surface area (Å²) in [6, 6.07) is 8.18. The van der Waals surface area contributed by atoms with Crippen molar-refractivity contribution in [1.82, 2.24) is 0 Å². The van der Waals surface area contributed by atoms with Gasteiger partial charge in [0, 0.05) is 6.21 Å². The van der Waals surface area contributed by atoms with Crippen LogP contribution in [-0.2, 0) is 11.4 Å². The van der Waals surface area contributed by atoms with Crippen molar-refractivity contribution in [3.8, 4) is 0 Å². The molecule has 0 amide bonds. The normalized spacial score (nSPS) is 10.7. The third kappa shape index (κ3) is 3.60. The first-order chi connectivity index (χ1) is 6.84. The molecule has 0 saturated carbocycles. The molecule has 1 aromatic carbocycles. The fraction of sp³-hybridized carbons (Fsp3) is 0.417. The zero-order valence-electron chi connectivity index (χ0n) is 8.86. The first-order valence-corrected chi connectivity index (χ1v) is 5.03. The Labute approximate surface area is 85.6 Å². The van der Waals surface area contributed by atoms with Crippen LogP contribution < -0.4 is 0 Å². The van der Waals surface area contributed by atoms with E-state index >= 15 is 0 Å². The van der Waals surface area contributed by atoms with Crippen LogP contribution in [0.4, 0.5) is 0 Å². The van der Waals surface area contributed by atoms with E-state index in [9.17, 15) is 0 Å². The predicted molar refractivity (Wildman–Crippen MR) is 59.4 cm³/mol. The maximum Gasteiger partial charge on any atom is 0.142 e. The molecule has 0 aliphatic heterocycles. The monoisotopic (exact) mass is 191 g/mol. The van der Waals surface area contributed by atoms with Gasteiger partial charge in [0.1, 0.15) is 6.61 Å². The molecule has 0 N–H and O–H groups in total. The quantitative estimate of drug-likeness (QED) is 0.517. The summed E-state index contributed by atoms with van der Waals surface area (Å²) < 4.78 is 0. The number of hydrogen-bond donors (Lipinski definition) is 0. The largest absolute Gasteiger partial charge is 0.391 e. The van der Waals surface area contributed by atoms with Crippen LogP contribution in [0.3, 0.4) is 0 Å². The molecule has 0 saturated heterocycles. The fourth-order valence-electron chi connectivity index (χ4n) is 1.11. The summed E-state index contributed by atoms with van der Waals surface area (Å²) in [5, 5.41) is 3.87. The van der Waals surface area contributed by atoms with E-state index in [0.717, 1.165) is 12.8 Å². The summed E-state index contributed by atoms with van der Waals surface area (Å²) in [5.41, 5.74) is 2.44. The molecule has 2 nitrogen and oxygen atoms in total. The van der Waals surface area contributed by atoms with Crippen molar-refractivity contribution in [2.45, 2.75) is 33.3 Å². The van der Waals surface area contributed by atoms with Crippen molar-refractivity contribution in [3.63, 3.8) is 0 Å². The first-order valence-electron chi connectivity index (χ1n) is 5.03. The Bertz CT molecular complexity index is 294. The lowest BCUT2D eigenvalue weighted by molar-refractivity contribution is 0.131. The van der Waals surface area contributed by atoms with Crippen LogP contribution in [0.1, 0.15) is 30.9 Å². The molecule has 0 aliphatic carbocycles. The predicted octanol–water partition coefficient (Wildman–Crippen LogP) is 3.30. The van der Waals surface area contributed by atoms with Crippen molar-refractivity contribution in [2.24, 2.45) is 5.16 Å². The minimum atomic E-state index is 0.562. The highest BCUT2D eigenvalue weighted by atomic mass is 16.6. The van der Waals surface area contributed by atoms with Gasteiger partial charge in [-0.15, -0.1) is 0 Å². The van der Waals surface area contributed by atoms with E-state index in [2.05, 4.69) is 31.1 Å². The molecular formula is C12H17NO. The summed E-state index contributed by atoms with van der Waals surface area (Å²) in [5.74, 6) is 0. The molecule has 0 aromatic heterocycles. The third-order valence-corrected chi connectivity index (χ3v) is 2.05. The minimum absolute atomic E-state index is 0.562. The van der Waals surface area contributed by atoms with Crippen LogP contribution in [0.25, 0.3) is 0 Å². The topological polar surface area (TPSA) is 21.6 Å². The van der Waals surface area contributed by atoms with Gasteiger partial charge in [-0.25, -0.2) is 0 Å². The van der Waals surface area contributed by atoms with Crippen LogP contribution in [-0.4, -0.2) is 6.21 Å². The van der Waals surface area contributed by atoms with Crippen LogP contribution >= 0.6 is 0 Å². The molecule has 0 heterocycles. The molecule has 1 aromatic rings. The molecule has 0 atom stereocenters. The molecule has 76 valence electrons. The fourth-order valence-corrected chi connectivity index (χ4v) is 1.11. The summed E-state index contributed by atoms with van der Waals surface area (Å²) >= 11 is 0. The summed E-state index contributed by atoms with van der Waals surface area (Å²) in [6.45, 7) is 4.76. The van der Waals surface area contributed by atoms with Crippen molar-refractivity contribution in [2.75, 3.05) is 0 Å². The van der Waals surface area contributed by atoms with Gasteiger partial charge in [0.05, 0.1) is 0 Å². The number of rotatable bonds is 5. The van der Waals surface area contributed by atoms with Gasteiger partial charge in [-0.1, -0.05) is 42.8 Å². The lowest BCUT2D eigenvalue weighted by Gasteiger charge is -2.02. The number of hydrogen-bond acceptors (Lipinski definition) is 2. The molecular weight excluding hydrogens is 174 g/mol. The highest BCUT2D eigenvalue weighted by molar-refractivity contribution is 5.55. The van der Waals surface area contributed by atoms with Crippen LogP contribution in [0.15, 0.2) is 29.4 Å². The van der Waals surface area contributed by atoms with Crippen molar-refractivity contribution >= 4 is 6.21 Å². The molecule has 2 heteroatoms. The zero-order valence-corrected chi connectivity index (χ0v) is 8.86. The van der Waals surface area contributed by atoms with Crippen LogP contribution in [0, 0.1) is 6.92 Å². The van der Waals surface area contributed by atoms with E-state index in [0.29, 0.717) is 6.61 Å². The lowest BCUT2D eigenvalue weighted by Crippen LogP contribution is -1.90. The van der Waals surface area contributed by atoms with E-state index in [4.69, 9.17) is 4.84 Å². The SMILES string of the molecule is CCCC=NOCc1ccccc1C.